The Morgan fingerprint density at radius 3 is 2.39 bits per heavy atom. The summed E-state index contributed by atoms with van der Waals surface area (Å²) in [6, 6.07) is 18.9. The van der Waals surface area contributed by atoms with Gasteiger partial charge in [0.05, 0.1) is 6.54 Å². The number of aryl methyl sites for hydroxylation is 1. The molecule has 1 aliphatic heterocycles. The summed E-state index contributed by atoms with van der Waals surface area (Å²) in [6.07, 6.45) is 0.943. The van der Waals surface area contributed by atoms with Crippen molar-refractivity contribution in [2.24, 2.45) is 0 Å². The zero-order valence-corrected chi connectivity index (χ0v) is 17.1. The summed E-state index contributed by atoms with van der Waals surface area (Å²) in [6.45, 7) is 8.11. The van der Waals surface area contributed by atoms with Gasteiger partial charge in [0.2, 0.25) is 5.91 Å². The van der Waals surface area contributed by atoms with Gasteiger partial charge >= 0.3 is 0 Å². The van der Waals surface area contributed by atoms with Crippen LogP contribution in [-0.4, -0.2) is 63.7 Å². The van der Waals surface area contributed by atoms with E-state index in [2.05, 4.69) is 70.4 Å². The summed E-state index contributed by atoms with van der Waals surface area (Å²) in [5.74, 6) is 0.131. The van der Waals surface area contributed by atoms with Gasteiger partial charge in [0.25, 0.3) is 0 Å². The Bertz CT molecular complexity index is 741. The second-order valence-electron chi connectivity index (χ2n) is 7.51. The van der Waals surface area contributed by atoms with Gasteiger partial charge in [-0.05, 0) is 37.1 Å². The van der Waals surface area contributed by atoms with E-state index in [1.807, 2.05) is 18.2 Å². The molecule has 1 heterocycles. The van der Waals surface area contributed by atoms with Gasteiger partial charge < -0.3 is 15.1 Å². The first-order chi connectivity index (χ1) is 13.6. The van der Waals surface area contributed by atoms with Crippen molar-refractivity contribution >= 4 is 17.3 Å². The fourth-order valence-electron chi connectivity index (χ4n) is 3.68. The number of benzene rings is 2. The number of piperazine rings is 1. The maximum absolute atomic E-state index is 12.3. The molecule has 5 heteroatoms. The van der Waals surface area contributed by atoms with Crippen LogP contribution in [0.4, 0.5) is 11.4 Å². The zero-order chi connectivity index (χ0) is 19.8. The monoisotopic (exact) mass is 380 g/mol. The number of hydrogen-bond donors (Lipinski definition) is 1. The molecule has 28 heavy (non-hydrogen) atoms. The van der Waals surface area contributed by atoms with Gasteiger partial charge in [-0.25, -0.2) is 0 Å². The molecule has 1 saturated heterocycles. The van der Waals surface area contributed by atoms with E-state index in [1.165, 1.54) is 16.9 Å². The molecule has 1 amide bonds. The van der Waals surface area contributed by atoms with Gasteiger partial charge in [-0.3, -0.25) is 9.69 Å². The number of nitrogens with zero attached hydrogens (tertiary/aromatic N) is 3. The standard InChI is InChI=1S/C23H32N4O/c1-20-9-6-7-12-22(20)27-17-15-26(16-18-27)19-23(28)24-13-8-14-25(2)21-10-4-3-5-11-21/h3-7,9-12H,8,13-19H2,1-2H3,(H,24,28). The van der Waals surface area contributed by atoms with Gasteiger partial charge in [-0.15, -0.1) is 0 Å². The summed E-state index contributed by atoms with van der Waals surface area (Å²) in [7, 11) is 2.09. The molecule has 1 N–H and O–H groups in total. The molecule has 0 spiro atoms. The molecule has 1 fully saturated rings. The van der Waals surface area contributed by atoms with Crippen LogP contribution in [0.15, 0.2) is 54.6 Å². The van der Waals surface area contributed by atoms with Crippen molar-refractivity contribution in [2.45, 2.75) is 13.3 Å². The lowest BCUT2D eigenvalue weighted by molar-refractivity contribution is -0.122. The van der Waals surface area contributed by atoms with Crippen molar-refractivity contribution in [3.8, 4) is 0 Å². The van der Waals surface area contributed by atoms with Crippen molar-refractivity contribution in [1.29, 1.82) is 0 Å². The molecule has 2 aromatic carbocycles. The number of hydrogen-bond acceptors (Lipinski definition) is 4. The van der Waals surface area contributed by atoms with Gasteiger partial charge in [0, 0.05) is 57.7 Å². The lowest BCUT2D eigenvalue weighted by Crippen LogP contribution is -2.49. The molecule has 0 aromatic heterocycles. The average Bonchev–Trinajstić information content (AvgIpc) is 2.73. The quantitative estimate of drug-likeness (QED) is 0.715. The maximum Gasteiger partial charge on any atom is 0.234 e. The van der Waals surface area contributed by atoms with E-state index in [4.69, 9.17) is 0 Å². The Balaban J connectivity index is 1.32. The SMILES string of the molecule is Cc1ccccc1N1CCN(CC(=O)NCCCN(C)c2ccccc2)CC1. The number of carbonyl (C=O) groups is 1. The molecular weight excluding hydrogens is 348 g/mol. The van der Waals surface area contributed by atoms with E-state index in [0.717, 1.165) is 45.7 Å². The van der Waals surface area contributed by atoms with E-state index in [9.17, 15) is 4.79 Å². The van der Waals surface area contributed by atoms with Gasteiger partial charge in [0.15, 0.2) is 0 Å². The third kappa shape index (κ3) is 5.73. The highest BCUT2D eigenvalue weighted by molar-refractivity contribution is 5.78. The second kappa shape index (κ2) is 10.1. The van der Waals surface area contributed by atoms with Crippen LogP contribution in [0.5, 0.6) is 0 Å². The molecule has 150 valence electrons. The van der Waals surface area contributed by atoms with Crippen molar-refractivity contribution in [3.05, 3.63) is 60.2 Å². The predicted octanol–water partition coefficient (Wildman–Crippen LogP) is 2.76. The van der Waals surface area contributed by atoms with Crippen LogP contribution in [0.2, 0.25) is 0 Å². The molecule has 0 saturated carbocycles. The first kappa shape index (κ1) is 20.2. The smallest absolute Gasteiger partial charge is 0.234 e. The fourth-order valence-corrected chi connectivity index (χ4v) is 3.68. The van der Waals surface area contributed by atoms with Gasteiger partial charge in [0.1, 0.15) is 0 Å². The van der Waals surface area contributed by atoms with Crippen LogP contribution in [0, 0.1) is 6.92 Å². The Hall–Kier alpha value is -2.53. The van der Waals surface area contributed by atoms with E-state index in [0.29, 0.717) is 6.54 Å². The molecule has 3 rings (SSSR count). The second-order valence-corrected chi connectivity index (χ2v) is 7.51. The molecule has 0 atom stereocenters. The fraction of sp³-hybridized carbons (Fsp3) is 0.435. The van der Waals surface area contributed by atoms with E-state index in [1.54, 1.807) is 0 Å². The molecule has 0 unspecified atom stereocenters. The van der Waals surface area contributed by atoms with Crippen molar-refractivity contribution in [1.82, 2.24) is 10.2 Å². The minimum atomic E-state index is 0.131. The number of rotatable bonds is 8. The van der Waals surface area contributed by atoms with Gasteiger partial charge in [-0.2, -0.15) is 0 Å². The van der Waals surface area contributed by atoms with Crippen molar-refractivity contribution < 1.29 is 4.79 Å². The van der Waals surface area contributed by atoms with E-state index >= 15 is 0 Å². The topological polar surface area (TPSA) is 38.8 Å². The minimum absolute atomic E-state index is 0.131. The van der Waals surface area contributed by atoms with Crippen LogP contribution in [0.25, 0.3) is 0 Å². The molecule has 2 aromatic rings. The summed E-state index contributed by atoms with van der Waals surface area (Å²) < 4.78 is 0. The Labute approximate surface area is 168 Å². The van der Waals surface area contributed by atoms with Crippen LogP contribution >= 0.6 is 0 Å². The summed E-state index contributed by atoms with van der Waals surface area (Å²) in [5, 5.41) is 3.07. The van der Waals surface area contributed by atoms with Crippen LogP contribution in [-0.2, 0) is 4.79 Å². The minimum Gasteiger partial charge on any atom is -0.375 e. The van der Waals surface area contributed by atoms with Crippen LogP contribution in [0.3, 0.4) is 0 Å². The number of amides is 1. The molecule has 1 aliphatic rings. The third-order valence-corrected chi connectivity index (χ3v) is 5.39. The lowest BCUT2D eigenvalue weighted by atomic mass is 10.1. The Kier molecular flexibility index (Phi) is 7.31. The first-order valence-electron chi connectivity index (χ1n) is 10.2. The molecule has 0 bridgehead atoms. The molecule has 0 aliphatic carbocycles. The highest BCUT2D eigenvalue weighted by Crippen LogP contribution is 2.20. The zero-order valence-electron chi connectivity index (χ0n) is 17.1. The van der Waals surface area contributed by atoms with Crippen LogP contribution in [0.1, 0.15) is 12.0 Å². The lowest BCUT2D eigenvalue weighted by Gasteiger charge is -2.36. The Morgan fingerprint density at radius 2 is 1.68 bits per heavy atom. The molecule has 5 nitrogen and oxygen atoms in total. The number of para-hydroxylation sites is 2. The normalized spacial score (nSPS) is 14.7. The van der Waals surface area contributed by atoms with E-state index in [-0.39, 0.29) is 5.91 Å². The van der Waals surface area contributed by atoms with Crippen molar-refractivity contribution in [3.63, 3.8) is 0 Å². The number of nitrogens with one attached hydrogen (secondary N) is 1. The van der Waals surface area contributed by atoms with E-state index < -0.39 is 0 Å². The molecule has 0 radical (unpaired) electrons. The van der Waals surface area contributed by atoms with Gasteiger partial charge in [-0.1, -0.05) is 36.4 Å². The number of anilines is 2. The highest BCUT2D eigenvalue weighted by Gasteiger charge is 2.19. The number of carbonyl (C=O) groups excluding carboxylic acids is 1. The van der Waals surface area contributed by atoms with Crippen LogP contribution < -0.4 is 15.1 Å². The largest absolute Gasteiger partial charge is 0.375 e. The summed E-state index contributed by atoms with van der Waals surface area (Å²) in [4.78, 5) is 19.1. The average molecular weight is 381 g/mol. The predicted molar refractivity (Wildman–Crippen MR) is 117 cm³/mol. The highest BCUT2D eigenvalue weighted by atomic mass is 16.2. The maximum atomic E-state index is 12.3. The third-order valence-electron chi connectivity index (χ3n) is 5.39. The Morgan fingerprint density at radius 1 is 1.00 bits per heavy atom. The first-order valence-corrected chi connectivity index (χ1v) is 10.2. The summed E-state index contributed by atoms with van der Waals surface area (Å²) >= 11 is 0. The van der Waals surface area contributed by atoms with Crippen molar-refractivity contribution in [2.75, 3.05) is 62.7 Å². The summed E-state index contributed by atoms with van der Waals surface area (Å²) in [5.41, 5.74) is 3.84. The molecular formula is C23H32N4O.